The molecule has 1 heterocycles. The van der Waals surface area contributed by atoms with Gasteiger partial charge in [-0.05, 0) is 64.8 Å². The monoisotopic (exact) mass is 464 g/mol. The highest BCUT2D eigenvalue weighted by Gasteiger charge is 2.13. The van der Waals surface area contributed by atoms with E-state index < -0.39 is 0 Å². The molecule has 0 saturated heterocycles. The summed E-state index contributed by atoms with van der Waals surface area (Å²) in [7, 11) is 0. The van der Waals surface area contributed by atoms with Gasteiger partial charge in [-0.3, -0.25) is 0 Å². The summed E-state index contributed by atoms with van der Waals surface area (Å²) in [6.07, 6.45) is 1.93. The molecule has 108 valence electrons. The summed E-state index contributed by atoms with van der Waals surface area (Å²) in [4.78, 5) is 0. The van der Waals surface area contributed by atoms with Crippen LogP contribution in [0.1, 0.15) is 26.5 Å². The van der Waals surface area contributed by atoms with Crippen LogP contribution in [0.3, 0.4) is 0 Å². The minimum absolute atomic E-state index is 0.0581. The number of benzene rings is 1. The van der Waals surface area contributed by atoms with Crippen LogP contribution >= 0.6 is 47.8 Å². The maximum Gasteiger partial charge on any atom is 0.0969 e. The van der Waals surface area contributed by atoms with E-state index in [1.165, 1.54) is 0 Å². The van der Waals surface area contributed by atoms with Crippen LogP contribution in [0.15, 0.2) is 31.7 Å². The van der Waals surface area contributed by atoms with E-state index in [2.05, 4.69) is 84.2 Å². The van der Waals surface area contributed by atoms with Gasteiger partial charge in [0.15, 0.2) is 0 Å². The molecule has 0 aliphatic heterocycles. The van der Waals surface area contributed by atoms with Crippen molar-refractivity contribution in [2.24, 2.45) is 0 Å². The van der Waals surface area contributed by atoms with Crippen molar-refractivity contribution in [1.82, 2.24) is 20.3 Å². The predicted octanol–water partition coefficient (Wildman–Crippen LogP) is 4.44. The minimum Gasteiger partial charge on any atom is -0.306 e. The highest BCUT2D eigenvalue weighted by molar-refractivity contribution is 9.11. The molecule has 0 unspecified atom stereocenters. The topological polar surface area (TPSA) is 42.7 Å². The highest BCUT2D eigenvalue weighted by atomic mass is 79.9. The van der Waals surface area contributed by atoms with Gasteiger partial charge in [0.1, 0.15) is 0 Å². The van der Waals surface area contributed by atoms with Crippen LogP contribution < -0.4 is 5.32 Å². The molecular formula is C13H15Br3N4. The zero-order valence-electron chi connectivity index (χ0n) is 11.4. The predicted molar refractivity (Wildman–Crippen MR) is 91.1 cm³/mol. The Balaban J connectivity index is 2.25. The van der Waals surface area contributed by atoms with Crippen LogP contribution in [0.4, 0.5) is 0 Å². The third-order valence-corrected chi connectivity index (χ3v) is 4.22. The zero-order chi connectivity index (χ0) is 14.9. The van der Waals surface area contributed by atoms with Crippen molar-refractivity contribution in [3.05, 3.63) is 37.4 Å². The molecule has 7 heteroatoms. The van der Waals surface area contributed by atoms with E-state index in [1.54, 1.807) is 4.68 Å². The van der Waals surface area contributed by atoms with Gasteiger partial charge in [0.05, 0.1) is 17.6 Å². The van der Waals surface area contributed by atoms with Crippen molar-refractivity contribution >= 4 is 47.8 Å². The van der Waals surface area contributed by atoms with E-state index in [1.807, 2.05) is 18.3 Å². The molecule has 0 aliphatic carbocycles. The lowest BCUT2D eigenvalue weighted by molar-refractivity contribution is 0.421. The molecule has 1 aromatic carbocycles. The first kappa shape index (κ1) is 16.1. The first-order chi connectivity index (χ1) is 9.26. The molecule has 0 bridgehead atoms. The number of hydrogen-bond acceptors (Lipinski definition) is 3. The van der Waals surface area contributed by atoms with Crippen LogP contribution in [-0.4, -0.2) is 20.5 Å². The van der Waals surface area contributed by atoms with Crippen LogP contribution in [0.5, 0.6) is 0 Å². The normalized spacial score (nSPS) is 11.9. The Kier molecular flexibility index (Phi) is 5.05. The Morgan fingerprint density at radius 2 is 1.75 bits per heavy atom. The Bertz CT molecular complexity index is 593. The third kappa shape index (κ3) is 4.13. The van der Waals surface area contributed by atoms with Gasteiger partial charge < -0.3 is 5.32 Å². The summed E-state index contributed by atoms with van der Waals surface area (Å²) in [6.45, 7) is 7.06. The number of halogens is 3. The van der Waals surface area contributed by atoms with E-state index in [0.717, 1.165) is 24.8 Å². The number of nitrogens with one attached hydrogen (secondary N) is 1. The van der Waals surface area contributed by atoms with E-state index in [-0.39, 0.29) is 5.54 Å². The number of rotatable bonds is 3. The molecule has 0 fully saturated rings. The van der Waals surface area contributed by atoms with Gasteiger partial charge in [-0.2, -0.15) is 0 Å². The van der Waals surface area contributed by atoms with Crippen molar-refractivity contribution < 1.29 is 0 Å². The van der Waals surface area contributed by atoms with Crippen molar-refractivity contribution in [2.75, 3.05) is 0 Å². The average Bonchev–Trinajstić information content (AvgIpc) is 2.72. The average molecular weight is 467 g/mol. The zero-order valence-corrected chi connectivity index (χ0v) is 16.2. The Labute approximate surface area is 143 Å². The fourth-order valence-corrected chi connectivity index (χ4v) is 4.22. The van der Waals surface area contributed by atoms with Gasteiger partial charge in [-0.15, -0.1) is 5.10 Å². The summed E-state index contributed by atoms with van der Waals surface area (Å²) in [5, 5.41) is 11.8. The lowest BCUT2D eigenvalue weighted by atomic mass is 10.1. The summed E-state index contributed by atoms with van der Waals surface area (Å²) in [6, 6.07) is 3.96. The quantitative estimate of drug-likeness (QED) is 0.727. The molecule has 0 atom stereocenters. The second-order valence-electron chi connectivity index (χ2n) is 5.48. The Morgan fingerprint density at radius 3 is 2.30 bits per heavy atom. The van der Waals surface area contributed by atoms with Crippen molar-refractivity contribution in [2.45, 2.75) is 32.9 Å². The lowest BCUT2D eigenvalue weighted by Gasteiger charge is -2.19. The van der Waals surface area contributed by atoms with Crippen LogP contribution in [0, 0.1) is 0 Å². The highest BCUT2D eigenvalue weighted by Crippen LogP contribution is 2.32. The van der Waals surface area contributed by atoms with Crippen molar-refractivity contribution in [3.63, 3.8) is 0 Å². The second kappa shape index (κ2) is 6.25. The third-order valence-electron chi connectivity index (χ3n) is 2.55. The van der Waals surface area contributed by atoms with Gasteiger partial charge in [0.2, 0.25) is 0 Å². The summed E-state index contributed by atoms with van der Waals surface area (Å²) in [5.41, 5.74) is 1.90. The largest absolute Gasteiger partial charge is 0.306 e. The van der Waals surface area contributed by atoms with Crippen LogP contribution in [-0.2, 0) is 6.54 Å². The van der Waals surface area contributed by atoms with Gasteiger partial charge in [0.25, 0.3) is 0 Å². The second-order valence-corrected chi connectivity index (χ2v) is 8.10. The van der Waals surface area contributed by atoms with E-state index in [9.17, 15) is 0 Å². The number of hydrogen-bond donors (Lipinski definition) is 1. The maximum absolute atomic E-state index is 4.20. The smallest absolute Gasteiger partial charge is 0.0969 e. The van der Waals surface area contributed by atoms with Gasteiger partial charge >= 0.3 is 0 Å². The first-order valence-corrected chi connectivity index (χ1v) is 8.45. The molecule has 2 rings (SSSR count). The number of nitrogens with zero attached hydrogens (tertiary/aromatic N) is 3. The molecule has 20 heavy (non-hydrogen) atoms. The minimum atomic E-state index is 0.0581. The molecular weight excluding hydrogens is 452 g/mol. The molecule has 0 saturated carbocycles. The molecule has 1 N–H and O–H groups in total. The molecule has 2 aromatic rings. The molecule has 0 spiro atoms. The van der Waals surface area contributed by atoms with Gasteiger partial charge in [-0.25, -0.2) is 4.68 Å². The number of aromatic nitrogens is 3. The molecule has 1 aromatic heterocycles. The van der Waals surface area contributed by atoms with Gasteiger partial charge in [0, 0.05) is 25.5 Å². The van der Waals surface area contributed by atoms with Gasteiger partial charge in [-0.1, -0.05) is 21.1 Å². The van der Waals surface area contributed by atoms with E-state index in [4.69, 9.17) is 0 Å². The molecule has 0 radical (unpaired) electrons. The van der Waals surface area contributed by atoms with E-state index >= 15 is 0 Å². The summed E-state index contributed by atoms with van der Waals surface area (Å²) >= 11 is 10.6. The fourth-order valence-electron chi connectivity index (χ4n) is 1.60. The van der Waals surface area contributed by atoms with Crippen LogP contribution in [0.25, 0.3) is 5.69 Å². The Morgan fingerprint density at radius 1 is 1.15 bits per heavy atom. The first-order valence-electron chi connectivity index (χ1n) is 6.07. The standard InChI is InChI=1S/C13H15Br3N4/c1-13(2,3)17-6-9-7-20(19-18-9)12-10(15)4-8(14)5-11(12)16/h4-5,7,17H,6H2,1-3H3. The molecule has 0 amide bonds. The maximum atomic E-state index is 4.20. The van der Waals surface area contributed by atoms with Crippen molar-refractivity contribution in [1.29, 1.82) is 0 Å². The fraction of sp³-hybridized carbons (Fsp3) is 0.385. The van der Waals surface area contributed by atoms with E-state index in [0.29, 0.717) is 6.54 Å². The molecule has 0 aliphatic rings. The summed E-state index contributed by atoms with van der Waals surface area (Å²) < 4.78 is 4.65. The van der Waals surface area contributed by atoms with Crippen LogP contribution in [0.2, 0.25) is 0 Å². The SMILES string of the molecule is CC(C)(C)NCc1cn(-c2c(Br)cc(Br)cc2Br)nn1. The Hall–Kier alpha value is -0.240. The van der Waals surface area contributed by atoms with Crippen molar-refractivity contribution in [3.8, 4) is 5.69 Å². The lowest BCUT2D eigenvalue weighted by Crippen LogP contribution is -2.35. The summed E-state index contributed by atoms with van der Waals surface area (Å²) in [5.74, 6) is 0. The molecule has 4 nitrogen and oxygen atoms in total.